The molecule has 0 unspecified atom stereocenters. The van der Waals surface area contributed by atoms with Gasteiger partial charge in [-0.15, -0.1) is 0 Å². The van der Waals surface area contributed by atoms with Crippen molar-refractivity contribution in [3.8, 4) is 6.07 Å². The maximum absolute atomic E-state index is 12.6. The van der Waals surface area contributed by atoms with Crippen LogP contribution in [0.2, 0.25) is 0 Å². The van der Waals surface area contributed by atoms with Crippen LogP contribution in [0.5, 0.6) is 0 Å². The van der Waals surface area contributed by atoms with Crippen LogP contribution in [-0.4, -0.2) is 4.98 Å². The van der Waals surface area contributed by atoms with E-state index in [0.717, 1.165) is 6.07 Å². The maximum Gasteiger partial charge on any atom is 0.280 e. The van der Waals surface area contributed by atoms with Crippen LogP contribution in [-0.2, 0) is 0 Å². The zero-order valence-electron chi connectivity index (χ0n) is 6.68. The lowest BCUT2D eigenvalue weighted by Crippen LogP contribution is -2.00. The summed E-state index contributed by atoms with van der Waals surface area (Å²) in [6.45, 7) is 1.31. The van der Waals surface area contributed by atoms with Crippen LogP contribution in [0.4, 0.5) is 13.2 Å². The molecular formula is C8H5F3N2. The molecule has 5 heteroatoms. The van der Waals surface area contributed by atoms with Crippen molar-refractivity contribution in [3.63, 3.8) is 0 Å². The Kier molecular flexibility index (Phi) is 2.52. The average Bonchev–Trinajstić information content (AvgIpc) is 2.08. The van der Waals surface area contributed by atoms with E-state index in [1.165, 1.54) is 6.92 Å². The van der Waals surface area contributed by atoms with Crippen LogP contribution >= 0.6 is 0 Å². The van der Waals surface area contributed by atoms with Crippen molar-refractivity contribution in [1.82, 2.24) is 4.98 Å². The van der Waals surface area contributed by atoms with Crippen molar-refractivity contribution in [1.29, 1.82) is 5.26 Å². The first-order valence-corrected chi connectivity index (χ1v) is 3.41. The Labute approximate surface area is 72.6 Å². The molecule has 68 valence electrons. The van der Waals surface area contributed by atoms with Gasteiger partial charge in [-0.2, -0.15) is 9.65 Å². The Morgan fingerprint density at radius 3 is 2.62 bits per heavy atom. The summed E-state index contributed by atoms with van der Waals surface area (Å²) < 4.78 is 36.9. The van der Waals surface area contributed by atoms with Crippen molar-refractivity contribution in [3.05, 3.63) is 28.8 Å². The molecule has 1 heterocycles. The minimum Gasteiger partial charge on any atom is -0.218 e. The summed E-state index contributed by atoms with van der Waals surface area (Å²) in [5.41, 5.74) is -0.752. The van der Waals surface area contributed by atoms with Crippen LogP contribution in [0, 0.1) is 24.2 Å². The molecule has 2 nitrogen and oxygen atoms in total. The van der Waals surface area contributed by atoms with E-state index in [-0.39, 0.29) is 11.1 Å². The minimum absolute atomic E-state index is 0.0268. The van der Waals surface area contributed by atoms with Gasteiger partial charge >= 0.3 is 0 Å². The molecule has 1 rings (SSSR count). The van der Waals surface area contributed by atoms with E-state index in [1.54, 1.807) is 6.07 Å². The summed E-state index contributed by atoms with van der Waals surface area (Å²) in [5, 5.41) is 8.46. The fourth-order valence-corrected chi connectivity index (χ4v) is 0.925. The van der Waals surface area contributed by atoms with Gasteiger partial charge in [-0.05, 0) is 12.5 Å². The first kappa shape index (κ1) is 9.52. The third-order valence-corrected chi connectivity index (χ3v) is 1.61. The smallest absolute Gasteiger partial charge is 0.218 e. The van der Waals surface area contributed by atoms with Crippen molar-refractivity contribution in [2.45, 2.75) is 13.3 Å². The van der Waals surface area contributed by atoms with Crippen LogP contribution in [0.15, 0.2) is 6.07 Å². The third-order valence-electron chi connectivity index (χ3n) is 1.61. The third kappa shape index (κ3) is 1.78. The predicted molar refractivity (Wildman–Crippen MR) is 38.6 cm³/mol. The second-order valence-corrected chi connectivity index (χ2v) is 2.42. The number of pyridine rings is 1. The molecule has 1 aromatic rings. The Morgan fingerprint density at radius 2 is 2.15 bits per heavy atom. The molecule has 1 aromatic heterocycles. The Balaban J connectivity index is 3.38. The first-order valence-electron chi connectivity index (χ1n) is 3.41. The average molecular weight is 186 g/mol. The molecule has 0 aliphatic rings. The molecule has 0 amide bonds. The summed E-state index contributed by atoms with van der Waals surface area (Å²) in [5.74, 6) is -1.06. The summed E-state index contributed by atoms with van der Waals surface area (Å²) in [6.07, 6.45) is -2.86. The van der Waals surface area contributed by atoms with E-state index in [9.17, 15) is 13.2 Å². The molecule has 0 spiro atoms. The van der Waals surface area contributed by atoms with Gasteiger partial charge < -0.3 is 0 Å². The fourth-order valence-electron chi connectivity index (χ4n) is 0.925. The molecule has 0 bridgehead atoms. The molecule has 0 aliphatic carbocycles. The minimum atomic E-state index is -2.86. The number of alkyl halides is 2. The van der Waals surface area contributed by atoms with E-state index in [0.29, 0.717) is 0 Å². The molecular weight excluding hydrogens is 181 g/mol. The summed E-state index contributed by atoms with van der Waals surface area (Å²) >= 11 is 0. The highest BCUT2D eigenvalue weighted by atomic mass is 19.3. The Hall–Kier alpha value is -1.57. The molecule has 0 saturated heterocycles. The van der Waals surface area contributed by atoms with Gasteiger partial charge in [-0.1, -0.05) is 0 Å². The number of rotatable bonds is 1. The lowest BCUT2D eigenvalue weighted by atomic mass is 10.1. The summed E-state index contributed by atoms with van der Waals surface area (Å²) in [6, 6.07) is 2.45. The quantitative estimate of drug-likeness (QED) is 0.631. The fraction of sp³-hybridized carbons (Fsp3) is 0.250. The standard InChI is InChI=1S/C8H5F3N2/c1-4-5(3-12)2-6(9)13-7(4)8(10)11/h2,8H,1H3. The molecule has 0 N–H and O–H groups in total. The monoisotopic (exact) mass is 186 g/mol. The number of nitrogens with zero attached hydrogens (tertiary/aromatic N) is 2. The number of hydrogen-bond acceptors (Lipinski definition) is 2. The summed E-state index contributed by atoms with van der Waals surface area (Å²) in [4.78, 5) is 3.01. The molecule has 0 aliphatic heterocycles. The second kappa shape index (κ2) is 3.44. The predicted octanol–water partition coefficient (Wildman–Crippen LogP) is 2.34. The highest BCUT2D eigenvalue weighted by Gasteiger charge is 2.16. The lowest BCUT2D eigenvalue weighted by Gasteiger charge is -2.04. The zero-order valence-corrected chi connectivity index (χ0v) is 6.68. The topological polar surface area (TPSA) is 36.7 Å². The molecule has 0 radical (unpaired) electrons. The SMILES string of the molecule is Cc1c(C#N)cc(F)nc1C(F)F. The number of halogens is 3. The lowest BCUT2D eigenvalue weighted by molar-refractivity contribution is 0.144. The van der Waals surface area contributed by atoms with Crippen LogP contribution in [0.1, 0.15) is 23.2 Å². The Bertz CT molecular complexity index is 368. The van der Waals surface area contributed by atoms with E-state index >= 15 is 0 Å². The van der Waals surface area contributed by atoms with Crippen LogP contribution in [0.25, 0.3) is 0 Å². The van der Waals surface area contributed by atoms with Gasteiger partial charge in [-0.25, -0.2) is 13.8 Å². The number of aromatic nitrogens is 1. The molecule has 0 saturated carbocycles. The van der Waals surface area contributed by atoms with Gasteiger partial charge in [0.25, 0.3) is 6.43 Å². The van der Waals surface area contributed by atoms with Gasteiger partial charge in [0.05, 0.1) is 11.6 Å². The maximum atomic E-state index is 12.6. The molecule has 13 heavy (non-hydrogen) atoms. The van der Waals surface area contributed by atoms with E-state index in [1.807, 2.05) is 0 Å². The zero-order chi connectivity index (χ0) is 10.0. The summed E-state index contributed by atoms with van der Waals surface area (Å²) in [7, 11) is 0. The van der Waals surface area contributed by atoms with Gasteiger partial charge in [0.2, 0.25) is 5.95 Å². The van der Waals surface area contributed by atoms with E-state index in [4.69, 9.17) is 5.26 Å². The van der Waals surface area contributed by atoms with Crippen LogP contribution < -0.4 is 0 Å². The van der Waals surface area contributed by atoms with Crippen molar-refractivity contribution in [2.24, 2.45) is 0 Å². The number of hydrogen-bond donors (Lipinski definition) is 0. The molecule has 0 fully saturated rings. The second-order valence-electron chi connectivity index (χ2n) is 2.42. The normalized spacial score (nSPS) is 10.2. The van der Waals surface area contributed by atoms with E-state index in [2.05, 4.69) is 4.98 Å². The van der Waals surface area contributed by atoms with Gasteiger partial charge in [0.1, 0.15) is 5.69 Å². The van der Waals surface area contributed by atoms with Crippen LogP contribution in [0.3, 0.4) is 0 Å². The molecule has 0 aromatic carbocycles. The van der Waals surface area contributed by atoms with Crippen molar-refractivity contribution < 1.29 is 13.2 Å². The highest BCUT2D eigenvalue weighted by Crippen LogP contribution is 2.22. The largest absolute Gasteiger partial charge is 0.280 e. The van der Waals surface area contributed by atoms with Crippen molar-refractivity contribution >= 4 is 0 Å². The Morgan fingerprint density at radius 1 is 1.54 bits per heavy atom. The molecule has 0 atom stereocenters. The van der Waals surface area contributed by atoms with Gasteiger partial charge in [0.15, 0.2) is 0 Å². The van der Waals surface area contributed by atoms with Gasteiger partial charge in [0, 0.05) is 6.07 Å². The van der Waals surface area contributed by atoms with Gasteiger partial charge in [-0.3, -0.25) is 0 Å². The highest BCUT2D eigenvalue weighted by molar-refractivity contribution is 5.38. The first-order chi connectivity index (χ1) is 6.06. The van der Waals surface area contributed by atoms with E-state index < -0.39 is 18.1 Å². The number of nitriles is 1. The van der Waals surface area contributed by atoms with Crippen molar-refractivity contribution in [2.75, 3.05) is 0 Å².